The maximum absolute atomic E-state index is 12.6. The summed E-state index contributed by atoms with van der Waals surface area (Å²) in [5, 5.41) is 3.79. The Morgan fingerprint density at radius 2 is 1.90 bits per heavy atom. The number of aromatic nitrogens is 5. The first-order valence-electron chi connectivity index (χ1n) is 9.54. The molecule has 1 saturated heterocycles. The molecular formula is C20H21N7OS. The third kappa shape index (κ3) is 3.32. The lowest BCUT2D eigenvalue weighted by Gasteiger charge is -2.32. The molecule has 0 amide bonds. The maximum Gasteiger partial charge on any atom is 0.273 e. The molecule has 3 aromatic heterocycles. The number of nitrogens with one attached hydrogen (secondary N) is 1. The lowest BCUT2D eigenvalue weighted by molar-refractivity contribution is 0.311. The van der Waals surface area contributed by atoms with E-state index in [4.69, 9.17) is 4.98 Å². The van der Waals surface area contributed by atoms with Gasteiger partial charge in [0.25, 0.3) is 5.56 Å². The molecule has 0 spiro atoms. The Bertz CT molecular complexity index is 1200. The van der Waals surface area contributed by atoms with E-state index in [-0.39, 0.29) is 5.56 Å². The average molecular weight is 408 g/mol. The summed E-state index contributed by atoms with van der Waals surface area (Å²) in [6, 6.07) is 9.43. The molecule has 29 heavy (non-hydrogen) atoms. The minimum absolute atomic E-state index is 0.151. The summed E-state index contributed by atoms with van der Waals surface area (Å²) in [6.07, 6.45) is 1.80. The van der Waals surface area contributed by atoms with Gasteiger partial charge in [0.2, 0.25) is 11.1 Å². The number of thiazole rings is 1. The zero-order valence-corrected chi connectivity index (χ0v) is 17.1. The molecule has 8 nitrogen and oxygen atoms in total. The molecule has 1 N–H and O–H groups in total. The number of aryl methyl sites for hydroxylation is 1. The monoisotopic (exact) mass is 407 g/mol. The minimum atomic E-state index is -0.151. The van der Waals surface area contributed by atoms with Crippen LogP contribution >= 0.6 is 11.3 Å². The average Bonchev–Trinajstić information content (AvgIpc) is 3.31. The Kier molecular flexibility index (Phi) is 4.40. The van der Waals surface area contributed by atoms with E-state index in [0.717, 1.165) is 53.6 Å². The second-order valence-corrected chi connectivity index (χ2v) is 8.28. The summed E-state index contributed by atoms with van der Waals surface area (Å²) in [6.45, 7) is 5.79. The van der Waals surface area contributed by atoms with Gasteiger partial charge in [0, 0.05) is 44.0 Å². The van der Waals surface area contributed by atoms with E-state index in [0.29, 0.717) is 10.8 Å². The van der Waals surface area contributed by atoms with Gasteiger partial charge in [-0.3, -0.25) is 9.89 Å². The van der Waals surface area contributed by atoms with Crippen LogP contribution in [-0.4, -0.2) is 62.9 Å². The second-order valence-electron chi connectivity index (χ2n) is 7.27. The normalized spacial score (nSPS) is 15.3. The quantitative estimate of drug-likeness (QED) is 0.561. The van der Waals surface area contributed by atoms with E-state index >= 15 is 0 Å². The van der Waals surface area contributed by atoms with Gasteiger partial charge in [-0.05, 0) is 26.1 Å². The van der Waals surface area contributed by atoms with Crippen LogP contribution in [0, 0.1) is 6.92 Å². The molecule has 0 saturated carbocycles. The number of rotatable bonds is 3. The highest BCUT2D eigenvalue weighted by Crippen LogP contribution is 2.25. The van der Waals surface area contributed by atoms with Crippen molar-refractivity contribution in [2.45, 2.75) is 6.92 Å². The number of anilines is 1. The Hall–Kier alpha value is -3.04. The highest BCUT2D eigenvalue weighted by molar-refractivity contribution is 7.20. The number of para-hydroxylation sites is 1. The Balaban J connectivity index is 1.47. The number of fused-ring (bicyclic) bond motifs is 1. The Labute approximate surface area is 171 Å². The molecule has 0 bridgehead atoms. The fraction of sp³-hybridized carbons (Fsp3) is 0.300. The molecule has 1 aromatic carbocycles. The fourth-order valence-corrected chi connectivity index (χ4v) is 4.44. The third-order valence-corrected chi connectivity index (χ3v) is 6.26. The molecule has 1 aliphatic heterocycles. The van der Waals surface area contributed by atoms with Crippen LogP contribution in [-0.2, 0) is 0 Å². The van der Waals surface area contributed by atoms with Crippen LogP contribution in [0.25, 0.3) is 26.6 Å². The van der Waals surface area contributed by atoms with Gasteiger partial charge in [0.1, 0.15) is 0 Å². The molecule has 5 rings (SSSR count). The summed E-state index contributed by atoms with van der Waals surface area (Å²) in [5.74, 6) is 0.743. The zero-order chi connectivity index (χ0) is 20.0. The van der Waals surface area contributed by atoms with Crippen LogP contribution in [0.15, 0.2) is 41.3 Å². The topological polar surface area (TPSA) is 82.9 Å². The summed E-state index contributed by atoms with van der Waals surface area (Å²) >= 11 is 1.48. The first-order valence-corrected chi connectivity index (χ1v) is 10.4. The molecule has 0 atom stereocenters. The summed E-state index contributed by atoms with van der Waals surface area (Å²) in [4.78, 5) is 30.9. The molecule has 148 valence electrons. The first kappa shape index (κ1) is 18.0. The number of aromatic amines is 1. The van der Waals surface area contributed by atoms with Crippen molar-refractivity contribution in [1.29, 1.82) is 0 Å². The second kappa shape index (κ2) is 7.09. The van der Waals surface area contributed by atoms with Crippen LogP contribution in [0.3, 0.4) is 0 Å². The molecule has 4 heterocycles. The van der Waals surface area contributed by atoms with Gasteiger partial charge in [0.05, 0.1) is 21.6 Å². The summed E-state index contributed by atoms with van der Waals surface area (Å²) in [5.41, 5.74) is 3.08. The van der Waals surface area contributed by atoms with E-state index in [1.807, 2.05) is 31.2 Å². The van der Waals surface area contributed by atoms with Crippen molar-refractivity contribution >= 4 is 27.5 Å². The van der Waals surface area contributed by atoms with Crippen LogP contribution in [0.1, 0.15) is 5.69 Å². The van der Waals surface area contributed by atoms with E-state index in [9.17, 15) is 4.79 Å². The fourth-order valence-electron chi connectivity index (χ4n) is 3.51. The van der Waals surface area contributed by atoms with Gasteiger partial charge in [-0.25, -0.2) is 15.0 Å². The molecule has 0 aliphatic carbocycles. The molecule has 0 radical (unpaired) electrons. The summed E-state index contributed by atoms with van der Waals surface area (Å²) in [7, 11) is 2.12. The van der Waals surface area contributed by atoms with E-state index in [1.165, 1.54) is 16.0 Å². The van der Waals surface area contributed by atoms with E-state index < -0.39 is 0 Å². The highest BCUT2D eigenvalue weighted by Gasteiger charge is 2.18. The molecule has 9 heteroatoms. The minimum Gasteiger partial charge on any atom is -0.338 e. The van der Waals surface area contributed by atoms with Gasteiger partial charge < -0.3 is 9.80 Å². The molecular weight excluding hydrogens is 386 g/mol. The van der Waals surface area contributed by atoms with Gasteiger partial charge in [-0.1, -0.05) is 23.5 Å². The number of piperazine rings is 1. The maximum atomic E-state index is 12.6. The lowest BCUT2D eigenvalue weighted by Crippen LogP contribution is -2.45. The number of likely N-dealkylation sites (N-methyl/N-ethyl adjacent to an activating group) is 1. The van der Waals surface area contributed by atoms with Crippen molar-refractivity contribution < 1.29 is 0 Å². The Morgan fingerprint density at radius 1 is 1.10 bits per heavy atom. The van der Waals surface area contributed by atoms with Gasteiger partial charge in [-0.15, -0.1) is 0 Å². The zero-order valence-electron chi connectivity index (χ0n) is 16.3. The predicted octanol–water partition coefficient (Wildman–Crippen LogP) is 2.29. The summed E-state index contributed by atoms with van der Waals surface area (Å²) < 4.78 is 2.52. The lowest BCUT2D eigenvalue weighted by atomic mass is 10.2. The largest absolute Gasteiger partial charge is 0.338 e. The van der Waals surface area contributed by atoms with Crippen LogP contribution in [0.2, 0.25) is 0 Å². The highest BCUT2D eigenvalue weighted by atomic mass is 32.1. The molecule has 0 unspecified atom stereocenters. The van der Waals surface area contributed by atoms with Crippen molar-refractivity contribution in [1.82, 2.24) is 29.6 Å². The predicted molar refractivity (Wildman–Crippen MR) is 115 cm³/mol. The van der Waals surface area contributed by atoms with Crippen molar-refractivity contribution in [3.8, 4) is 16.4 Å². The molecule has 1 aliphatic rings. The SMILES string of the molecule is Cc1nc(N2CCN(C)CC2)ncc1-c1cc(=O)n(-c2nc3ccccc3s2)[nH]1. The van der Waals surface area contributed by atoms with E-state index in [2.05, 4.69) is 31.9 Å². The number of hydrogen-bond donors (Lipinski definition) is 1. The van der Waals surface area contributed by atoms with Crippen molar-refractivity contribution in [3.05, 3.63) is 52.6 Å². The van der Waals surface area contributed by atoms with Crippen molar-refractivity contribution in [2.75, 3.05) is 38.1 Å². The first-order chi connectivity index (χ1) is 14.1. The van der Waals surface area contributed by atoms with Gasteiger partial charge >= 0.3 is 0 Å². The standard InChI is InChI=1S/C20H21N7OS/c1-13-14(12-21-19(22-13)26-9-7-25(2)8-10-26)16-11-18(28)27(24-16)20-23-15-5-3-4-6-17(15)29-20/h3-6,11-12,24H,7-10H2,1-2H3. The van der Waals surface area contributed by atoms with Crippen LogP contribution < -0.4 is 10.5 Å². The molecule has 1 fully saturated rings. The van der Waals surface area contributed by atoms with Crippen LogP contribution in [0.5, 0.6) is 0 Å². The number of hydrogen-bond acceptors (Lipinski definition) is 7. The van der Waals surface area contributed by atoms with Crippen molar-refractivity contribution in [2.24, 2.45) is 0 Å². The third-order valence-electron chi connectivity index (χ3n) is 5.24. The van der Waals surface area contributed by atoms with Crippen molar-refractivity contribution in [3.63, 3.8) is 0 Å². The van der Waals surface area contributed by atoms with Gasteiger partial charge in [-0.2, -0.15) is 4.68 Å². The number of nitrogens with zero attached hydrogens (tertiary/aromatic N) is 6. The smallest absolute Gasteiger partial charge is 0.273 e. The molecule has 4 aromatic rings. The van der Waals surface area contributed by atoms with E-state index in [1.54, 1.807) is 12.3 Å². The van der Waals surface area contributed by atoms with Gasteiger partial charge in [0.15, 0.2) is 0 Å². The number of H-pyrrole nitrogens is 1. The van der Waals surface area contributed by atoms with Crippen LogP contribution in [0.4, 0.5) is 5.95 Å². The number of benzene rings is 1. The Morgan fingerprint density at radius 3 is 2.66 bits per heavy atom.